The summed E-state index contributed by atoms with van der Waals surface area (Å²) in [5.41, 5.74) is -1.03. The van der Waals surface area contributed by atoms with Gasteiger partial charge in [-0.1, -0.05) is 38.3 Å². The van der Waals surface area contributed by atoms with Crippen molar-refractivity contribution in [3.05, 3.63) is 12.2 Å². The monoisotopic (exact) mass is 414 g/mol. The van der Waals surface area contributed by atoms with E-state index >= 15 is 0 Å². The molecule has 1 fully saturated rings. The predicted octanol–water partition coefficient (Wildman–Crippen LogP) is 3.08. The molecule has 0 saturated heterocycles. The van der Waals surface area contributed by atoms with Crippen molar-refractivity contribution in [3.8, 4) is 0 Å². The molecule has 0 aromatic carbocycles. The zero-order chi connectivity index (χ0) is 21.7. The second-order valence-corrected chi connectivity index (χ2v) is 7.81. The zero-order valence-corrected chi connectivity index (χ0v) is 17.8. The lowest BCUT2D eigenvalue weighted by Gasteiger charge is -2.35. The Kier molecular flexibility index (Phi) is 12.1. The van der Waals surface area contributed by atoms with E-state index in [1.165, 1.54) is 0 Å². The molecule has 1 aliphatic carbocycles. The van der Waals surface area contributed by atoms with E-state index in [2.05, 4.69) is 6.92 Å². The first-order valence-electron chi connectivity index (χ1n) is 10.9. The molecule has 1 aliphatic rings. The van der Waals surface area contributed by atoms with Crippen LogP contribution in [0.3, 0.4) is 0 Å². The highest BCUT2D eigenvalue weighted by Crippen LogP contribution is 2.49. The zero-order valence-electron chi connectivity index (χ0n) is 17.8. The van der Waals surface area contributed by atoms with Gasteiger partial charge in [0.1, 0.15) is 6.61 Å². The smallest absolute Gasteiger partial charge is 0.329 e. The van der Waals surface area contributed by atoms with Gasteiger partial charge < -0.3 is 24.8 Å². The van der Waals surface area contributed by atoms with E-state index in [1.54, 1.807) is 13.0 Å². The molecule has 0 aromatic rings. The predicted molar refractivity (Wildman–Crippen MR) is 109 cm³/mol. The van der Waals surface area contributed by atoms with Crippen molar-refractivity contribution in [1.29, 1.82) is 0 Å². The Labute approximate surface area is 174 Å². The van der Waals surface area contributed by atoms with Gasteiger partial charge in [-0.2, -0.15) is 0 Å². The van der Waals surface area contributed by atoms with Gasteiger partial charge in [-0.25, -0.2) is 4.79 Å². The Morgan fingerprint density at radius 3 is 2.59 bits per heavy atom. The van der Waals surface area contributed by atoms with Gasteiger partial charge >= 0.3 is 11.9 Å². The average Bonchev–Trinajstić information content (AvgIpc) is 2.99. The van der Waals surface area contributed by atoms with Crippen LogP contribution in [0.2, 0.25) is 0 Å². The van der Waals surface area contributed by atoms with Crippen molar-refractivity contribution >= 4 is 11.9 Å². The minimum atomic E-state index is -1.03. The van der Waals surface area contributed by atoms with Gasteiger partial charge in [0, 0.05) is 6.61 Å². The molecule has 0 radical (unpaired) electrons. The van der Waals surface area contributed by atoms with Crippen molar-refractivity contribution in [2.75, 3.05) is 19.8 Å². The summed E-state index contributed by atoms with van der Waals surface area (Å²) in [7, 11) is 0. The molecule has 0 spiro atoms. The lowest BCUT2D eigenvalue weighted by Crippen LogP contribution is -2.44. The molecular weight excluding hydrogens is 376 g/mol. The van der Waals surface area contributed by atoms with E-state index in [0.29, 0.717) is 38.5 Å². The Hall–Kier alpha value is -1.44. The van der Waals surface area contributed by atoms with Gasteiger partial charge in [0.05, 0.1) is 24.2 Å². The fourth-order valence-electron chi connectivity index (χ4n) is 4.12. The van der Waals surface area contributed by atoms with Crippen molar-refractivity contribution in [2.45, 2.75) is 83.8 Å². The molecule has 1 rings (SSSR count). The van der Waals surface area contributed by atoms with Gasteiger partial charge in [-0.3, -0.25) is 4.79 Å². The third-order valence-electron chi connectivity index (χ3n) is 5.69. The largest absolute Gasteiger partial charge is 0.480 e. The van der Waals surface area contributed by atoms with Crippen LogP contribution in [-0.2, 0) is 19.1 Å². The van der Waals surface area contributed by atoms with Gasteiger partial charge in [-0.05, 0) is 51.4 Å². The van der Waals surface area contributed by atoms with E-state index in [4.69, 9.17) is 14.6 Å². The molecule has 7 nitrogen and oxygen atoms in total. The van der Waals surface area contributed by atoms with Gasteiger partial charge in [0.15, 0.2) is 0 Å². The number of aliphatic carboxylic acids is 1. The molecule has 4 atom stereocenters. The highest BCUT2D eigenvalue weighted by atomic mass is 16.5. The van der Waals surface area contributed by atoms with Crippen molar-refractivity contribution < 1.29 is 34.4 Å². The fraction of sp³-hybridized carbons (Fsp3) is 0.818. The Morgan fingerprint density at radius 2 is 1.93 bits per heavy atom. The number of carboxylic acids is 1. The number of carbonyl (C=O) groups is 2. The molecule has 3 N–H and O–H groups in total. The van der Waals surface area contributed by atoms with E-state index < -0.39 is 29.6 Å². The highest BCUT2D eigenvalue weighted by molar-refractivity contribution is 5.79. The number of ether oxygens (including phenoxy) is 2. The average molecular weight is 415 g/mol. The van der Waals surface area contributed by atoms with Crippen LogP contribution in [-0.4, -0.2) is 59.3 Å². The lowest BCUT2D eigenvalue weighted by molar-refractivity contribution is -0.164. The van der Waals surface area contributed by atoms with Crippen LogP contribution in [0.4, 0.5) is 0 Å². The van der Waals surface area contributed by atoms with Crippen molar-refractivity contribution in [2.24, 2.45) is 11.3 Å². The van der Waals surface area contributed by atoms with Crippen LogP contribution in [0.15, 0.2) is 12.2 Å². The summed E-state index contributed by atoms with van der Waals surface area (Å²) >= 11 is 0. The SMILES string of the molecule is CCCCCC(O)C=CC1CC[C@@H](O)[C@]1(CCCCOCC(=O)O)C(=O)OCC. The molecule has 1 saturated carbocycles. The number of unbranched alkanes of at least 4 members (excludes halogenated alkanes) is 3. The Morgan fingerprint density at radius 1 is 1.17 bits per heavy atom. The number of aliphatic hydroxyl groups excluding tert-OH is 2. The van der Waals surface area contributed by atoms with E-state index in [9.17, 15) is 19.8 Å². The van der Waals surface area contributed by atoms with Gasteiger partial charge in [-0.15, -0.1) is 0 Å². The summed E-state index contributed by atoms with van der Waals surface area (Å²) in [5.74, 6) is -1.61. The van der Waals surface area contributed by atoms with Crippen LogP contribution >= 0.6 is 0 Å². The summed E-state index contributed by atoms with van der Waals surface area (Å²) < 4.78 is 10.4. The van der Waals surface area contributed by atoms with Crippen LogP contribution in [0.25, 0.3) is 0 Å². The summed E-state index contributed by atoms with van der Waals surface area (Å²) in [4.78, 5) is 23.4. The first kappa shape index (κ1) is 25.6. The summed E-state index contributed by atoms with van der Waals surface area (Å²) in [6, 6.07) is 0. The van der Waals surface area contributed by atoms with E-state index in [-0.39, 0.29) is 25.7 Å². The number of rotatable bonds is 15. The quantitative estimate of drug-likeness (QED) is 0.214. The molecule has 0 aliphatic heterocycles. The molecule has 0 amide bonds. The Bertz CT molecular complexity index is 519. The van der Waals surface area contributed by atoms with Crippen molar-refractivity contribution in [1.82, 2.24) is 0 Å². The number of hydrogen-bond acceptors (Lipinski definition) is 6. The maximum atomic E-state index is 12.9. The van der Waals surface area contributed by atoms with E-state index in [0.717, 1.165) is 19.3 Å². The molecule has 0 heterocycles. The third-order valence-corrected chi connectivity index (χ3v) is 5.69. The highest BCUT2D eigenvalue weighted by Gasteiger charge is 2.54. The maximum Gasteiger partial charge on any atom is 0.329 e. The molecule has 7 heteroatoms. The molecule has 0 aromatic heterocycles. The van der Waals surface area contributed by atoms with Crippen LogP contribution in [0.5, 0.6) is 0 Å². The third kappa shape index (κ3) is 8.07. The normalized spacial score (nSPS) is 25.4. The molecule has 0 bridgehead atoms. The second kappa shape index (κ2) is 13.7. The summed E-state index contributed by atoms with van der Waals surface area (Å²) in [5, 5.41) is 29.5. The van der Waals surface area contributed by atoms with Crippen LogP contribution in [0, 0.1) is 11.3 Å². The number of hydrogen-bond donors (Lipinski definition) is 3. The number of allylic oxidation sites excluding steroid dienone is 1. The lowest BCUT2D eigenvalue weighted by atomic mass is 9.72. The topological polar surface area (TPSA) is 113 Å². The molecule has 168 valence electrons. The van der Waals surface area contributed by atoms with Gasteiger partial charge in [0.25, 0.3) is 0 Å². The first-order valence-corrected chi connectivity index (χ1v) is 10.9. The fourth-order valence-corrected chi connectivity index (χ4v) is 4.12. The molecule has 2 unspecified atom stereocenters. The Balaban J connectivity index is 2.78. The number of aliphatic hydroxyl groups is 2. The number of carboxylic acid groups (broad SMARTS) is 1. The van der Waals surface area contributed by atoms with Crippen LogP contribution < -0.4 is 0 Å². The number of carbonyl (C=O) groups excluding carboxylic acids is 1. The van der Waals surface area contributed by atoms with Crippen molar-refractivity contribution in [3.63, 3.8) is 0 Å². The first-order chi connectivity index (χ1) is 13.9. The number of esters is 1. The summed E-state index contributed by atoms with van der Waals surface area (Å²) in [6.07, 6.45) is 8.90. The van der Waals surface area contributed by atoms with Crippen LogP contribution in [0.1, 0.15) is 71.6 Å². The minimum absolute atomic E-state index is 0.197. The second-order valence-electron chi connectivity index (χ2n) is 7.81. The molecular formula is C22H38O7. The minimum Gasteiger partial charge on any atom is -0.480 e. The standard InChI is InChI=1S/C22H38O7/c1-3-5-6-9-18(23)12-10-17-11-13-19(24)22(17,21(27)29-4-2)14-7-8-15-28-16-20(25)26/h10,12,17-19,23-24H,3-9,11,13-16H2,1-2H3,(H,25,26)/t17?,18?,19-,22-/m1/s1. The van der Waals surface area contributed by atoms with E-state index in [1.807, 2.05) is 6.08 Å². The summed E-state index contributed by atoms with van der Waals surface area (Å²) in [6.45, 7) is 4.05. The maximum absolute atomic E-state index is 12.9. The van der Waals surface area contributed by atoms with Gasteiger partial charge in [0.2, 0.25) is 0 Å². The molecule has 29 heavy (non-hydrogen) atoms.